The van der Waals surface area contributed by atoms with Crippen LogP contribution in [0.15, 0.2) is 103 Å². The largest absolute Gasteiger partial charge is 0.497 e. The highest BCUT2D eigenvalue weighted by molar-refractivity contribution is 7.84. The number of unbranched alkanes of at least 4 members (excludes halogenated alkanes) is 2. The van der Waals surface area contributed by atoms with Crippen LogP contribution in [-0.4, -0.2) is 54.0 Å². The van der Waals surface area contributed by atoms with Crippen LogP contribution >= 0.6 is 0 Å². The molecule has 0 radical (unpaired) electrons. The molecule has 2 heterocycles. The monoisotopic (exact) mass is 832 g/mol. The van der Waals surface area contributed by atoms with E-state index >= 15 is 0 Å². The molecule has 5 aromatic carbocycles. The first kappa shape index (κ1) is 42.4. The van der Waals surface area contributed by atoms with E-state index in [-0.39, 0.29) is 43.8 Å². The van der Waals surface area contributed by atoms with Crippen molar-refractivity contribution >= 4 is 27.3 Å². The van der Waals surface area contributed by atoms with Gasteiger partial charge >= 0.3 is 16.3 Å². The average Bonchev–Trinajstić information content (AvgIpc) is 3.67. The minimum atomic E-state index is -4.09. The van der Waals surface area contributed by atoms with Gasteiger partial charge < -0.3 is 23.1 Å². The molecule has 0 bridgehead atoms. The topological polar surface area (TPSA) is 131 Å². The number of aromatic nitrogens is 3. The van der Waals surface area contributed by atoms with Crippen molar-refractivity contribution in [2.24, 2.45) is 0 Å². The number of ether oxygens (including phenoxy) is 4. The molecule has 1 aromatic heterocycles. The van der Waals surface area contributed by atoms with Gasteiger partial charge in [-0.05, 0) is 115 Å². The smallest absolute Gasteiger partial charge is 0.385 e. The molecule has 0 aliphatic carbocycles. The van der Waals surface area contributed by atoms with Gasteiger partial charge in [0.05, 0.1) is 32.3 Å². The Morgan fingerprint density at radius 1 is 0.867 bits per heavy atom. The summed E-state index contributed by atoms with van der Waals surface area (Å²) in [4.78, 5) is 13.1. The Balaban J connectivity index is 1.04. The molecule has 1 aliphatic heterocycles. The zero-order chi connectivity index (χ0) is 42.1. The van der Waals surface area contributed by atoms with Gasteiger partial charge in [0.15, 0.2) is 0 Å². The molecule has 1 unspecified atom stereocenters. The van der Waals surface area contributed by atoms with E-state index < -0.39 is 10.3 Å². The summed E-state index contributed by atoms with van der Waals surface area (Å²) >= 11 is 0. The van der Waals surface area contributed by atoms with Gasteiger partial charge in [-0.3, -0.25) is 4.79 Å². The van der Waals surface area contributed by atoms with Crippen molar-refractivity contribution < 1.29 is 36.3 Å². The molecule has 13 heteroatoms. The van der Waals surface area contributed by atoms with Crippen LogP contribution in [0.3, 0.4) is 0 Å². The Labute approximate surface area is 352 Å². The SMILES string of the molecule is CCOC(=O)CC(c1ccc(C)c(CN2Cc3cc(OCc4ccccc4)ccc3OS2(=O)=O)c1)c1ccc2c(nnn2CCCCCOCc2ccc(OC)cc2)c1C. The van der Waals surface area contributed by atoms with Crippen LogP contribution in [0.4, 0.5) is 0 Å². The quantitative estimate of drug-likeness (QED) is 0.0577. The van der Waals surface area contributed by atoms with Crippen LogP contribution in [-0.2, 0) is 57.4 Å². The summed E-state index contributed by atoms with van der Waals surface area (Å²) in [5, 5.41) is 9.10. The summed E-state index contributed by atoms with van der Waals surface area (Å²) in [5.41, 5.74) is 8.97. The molecular weight excluding hydrogens is 781 g/mol. The van der Waals surface area contributed by atoms with E-state index in [0.717, 1.165) is 81.5 Å². The minimum absolute atomic E-state index is 0.0732. The van der Waals surface area contributed by atoms with Gasteiger partial charge in [-0.25, -0.2) is 4.68 Å². The fraction of sp³-hybridized carbons (Fsp3) is 0.340. The number of methoxy groups -OCH3 is 1. The summed E-state index contributed by atoms with van der Waals surface area (Å²) in [6.07, 6.45) is 2.95. The fourth-order valence-electron chi connectivity index (χ4n) is 7.50. The number of fused-ring (bicyclic) bond motifs is 2. The Morgan fingerprint density at radius 2 is 1.65 bits per heavy atom. The summed E-state index contributed by atoms with van der Waals surface area (Å²) in [6.45, 7) is 8.55. The number of benzene rings is 5. The molecule has 0 amide bonds. The Kier molecular flexibility index (Phi) is 13.8. The van der Waals surface area contributed by atoms with E-state index in [4.69, 9.17) is 23.1 Å². The number of esters is 1. The average molecular weight is 833 g/mol. The van der Waals surface area contributed by atoms with Crippen LogP contribution in [0.5, 0.6) is 17.2 Å². The van der Waals surface area contributed by atoms with Gasteiger partial charge in [-0.2, -0.15) is 12.7 Å². The molecule has 1 atom stereocenters. The third-order valence-electron chi connectivity index (χ3n) is 10.9. The van der Waals surface area contributed by atoms with Crippen molar-refractivity contribution in [2.45, 2.75) is 85.2 Å². The van der Waals surface area contributed by atoms with Gasteiger partial charge in [0.25, 0.3) is 0 Å². The van der Waals surface area contributed by atoms with Crippen LogP contribution in [0.2, 0.25) is 0 Å². The maximum Gasteiger partial charge on any atom is 0.385 e. The number of hydrogen-bond donors (Lipinski definition) is 0. The van der Waals surface area contributed by atoms with Crippen molar-refractivity contribution in [3.63, 3.8) is 0 Å². The molecule has 0 saturated carbocycles. The zero-order valence-corrected chi connectivity index (χ0v) is 35.5. The predicted molar refractivity (Wildman–Crippen MR) is 229 cm³/mol. The lowest BCUT2D eigenvalue weighted by atomic mass is 9.84. The first-order chi connectivity index (χ1) is 29.1. The van der Waals surface area contributed by atoms with Crippen molar-refractivity contribution in [2.75, 3.05) is 20.3 Å². The molecule has 0 N–H and O–H groups in total. The van der Waals surface area contributed by atoms with Gasteiger partial charge in [-0.15, -0.1) is 5.10 Å². The molecule has 314 valence electrons. The first-order valence-electron chi connectivity index (χ1n) is 20.4. The highest BCUT2D eigenvalue weighted by Gasteiger charge is 2.33. The lowest BCUT2D eigenvalue weighted by molar-refractivity contribution is -0.143. The summed E-state index contributed by atoms with van der Waals surface area (Å²) < 4.78 is 58.3. The highest BCUT2D eigenvalue weighted by Crippen LogP contribution is 2.37. The zero-order valence-electron chi connectivity index (χ0n) is 34.6. The molecule has 0 fully saturated rings. The van der Waals surface area contributed by atoms with Crippen molar-refractivity contribution in [3.8, 4) is 17.2 Å². The first-order valence-corrected chi connectivity index (χ1v) is 21.8. The van der Waals surface area contributed by atoms with E-state index in [1.807, 2.05) is 110 Å². The second-order valence-corrected chi connectivity index (χ2v) is 16.6. The van der Waals surface area contributed by atoms with E-state index in [1.54, 1.807) is 26.2 Å². The van der Waals surface area contributed by atoms with E-state index in [9.17, 15) is 13.2 Å². The van der Waals surface area contributed by atoms with Crippen LogP contribution in [0.25, 0.3) is 11.0 Å². The minimum Gasteiger partial charge on any atom is -0.497 e. The maximum absolute atomic E-state index is 13.5. The summed E-state index contributed by atoms with van der Waals surface area (Å²) in [6, 6.07) is 33.0. The predicted octanol–water partition coefficient (Wildman–Crippen LogP) is 8.75. The van der Waals surface area contributed by atoms with Gasteiger partial charge in [0.2, 0.25) is 0 Å². The van der Waals surface area contributed by atoms with Crippen molar-refractivity contribution in [1.29, 1.82) is 0 Å². The summed E-state index contributed by atoms with van der Waals surface area (Å²) in [7, 11) is -2.44. The van der Waals surface area contributed by atoms with Gasteiger partial charge in [-0.1, -0.05) is 71.9 Å². The molecule has 0 spiro atoms. The van der Waals surface area contributed by atoms with Crippen LogP contribution in [0.1, 0.15) is 83.0 Å². The van der Waals surface area contributed by atoms with E-state index in [1.165, 1.54) is 4.31 Å². The number of hydrogen-bond acceptors (Lipinski definition) is 10. The number of carbonyl (C=O) groups excluding carboxylic acids is 1. The number of nitrogens with zero attached hydrogens (tertiary/aromatic N) is 4. The van der Waals surface area contributed by atoms with E-state index in [0.29, 0.717) is 31.1 Å². The number of aryl methyl sites for hydroxylation is 3. The summed E-state index contributed by atoms with van der Waals surface area (Å²) in [5.74, 6) is 1.03. The Morgan fingerprint density at radius 3 is 2.43 bits per heavy atom. The maximum atomic E-state index is 13.5. The number of rotatable bonds is 19. The number of carbonyl (C=O) groups is 1. The van der Waals surface area contributed by atoms with Gasteiger partial charge in [0.1, 0.15) is 29.4 Å². The molecular formula is C47H52N4O8S. The van der Waals surface area contributed by atoms with Crippen LogP contribution in [0, 0.1) is 13.8 Å². The molecule has 0 saturated heterocycles. The molecule has 12 nitrogen and oxygen atoms in total. The Hall–Kier alpha value is -5.76. The second-order valence-electron chi connectivity index (χ2n) is 15.0. The van der Waals surface area contributed by atoms with Crippen molar-refractivity contribution in [1.82, 2.24) is 19.3 Å². The van der Waals surface area contributed by atoms with Crippen molar-refractivity contribution in [3.05, 3.63) is 148 Å². The normalized spacial score (nSPS) is 14.0. The lowest BCUT2D eigenvalue weighted by Gasteiger charge is -2.29. The highest BCUT2D eigenvalue weighted by atomic mass is 32.2. The Bertz CT molecular complexity index is 2510. The molecule has 7 rings (SSSR count). The fourth-order valence-corrected chi connectivity index (χ4v) is 8.59. The molecule has 60 heavy (non-hydrogen) atoms. The standard InChI is InChI=1S/C47H52N4O8S/c1-5-57-46(52)28-43(42-21-22-44-47(34(42)3)48-49-51(44)24-10-7-11-25-56-31-36-15-18-40(55-4)19-16-36)37-17-14-33(2)38(26-37)29-50-30-39-27-41(20-23-45(39)59-60(50,53)54)58-32-35-12-8-6-9-13-35/h6,8-9,12-23,26-27,43H,5,7,10-11,24-25,28-32H2,1-4H3. The lowest BCUT2D eigenvalue weighted by Crippen LogP contribution is -2.37. The van der Waals surface area contributed by atoms with E-state index in [2.05, 4.69) is 10.3 Å². The third kappa shape index (κ3) is 10.3. The third-order valence-corrected chi connectivity index (χ3v) is 12.2. The molecule has 1 aliphatic rings. The van der Waals surface area contributed by atoms with Gasteiger partial charge in [0, 0.05) is 37.7 Å². The molecule has 6 aromatic rings. The van der Waals surface area contributed by atoms with Crippen LogP contribution < -0.4 is 13.7 Å². The second kappa shape index (κ2) is 19.5.